The van der Waals surface area contributed by atoms with Crippen molar-refractivity contribution in [3.8, 4) is 0 Å². The van der Waals surface area contributed by atoms with E-state index in [1.807, 2.05) is 45.0 Å². The van der Waals surface area contributed by atoms with E-state index < -0.39 is 28.1 Å². The number of nitrogens with zero attached hydrogens (tertiary/aromatic N) is 4. The number of nitrogens with one attached hydrogen (secondary N) is 1. The average Bonchev–Trinajstić information content (AvgIpc) is 3.45. The van der Waals surface area contributed by atoms with Crippen LogP contribution in [-0.4, -0.2) is 85.5 Å². The Morgan fingerprint density at radius 2 is 1.87 bits per heavy atom. The van der Waals surface area contributed by atoms with Crippen molar-refractivity contribution >= 4 is 33.3 Å². The van der Waals surface area contributed by atoms with E-state index in [-0.39, 0.29) is 42.4 Å². The van der Waals surface area contributed by atoms with Crippen molar-refractivity contribution in [2.24, 2.45) is 5.92 Å². The molecule has 3 atom stereocenters. The van der Waals surface area contributed by atoms with Crippen LogP contribution in [0.1, 0.15) is 42.6 Å². The fourth-order valence-electron chi connectivity index (χ4n) is 5.20. The maximum absolute atomic E-state index is 13.7. The number of hydrogen-bond acceptors (Lipinski definition) is 7. The number of likely N-dealkylation sites (tertiary alicyclic amines) is 1. The van der Waals surface area contributed by atoms with Crippen LogP contribution in [0.5, 0.6) is 0 Å². The molecule has 4 rings (SSSR count). The Bertz CT molecular complexity index is 1280. The number of pyridine rings is 1. The Morgan fingerprint density at radius 3 is 2.47 bits per heavy atom. The van der Waals surface area contributed by atoms with Crippen LogP contribution in [0.2, 0.25) is 0 Å². The fourth-order valence-corrected chi connectivity index (χ4v) is 6.92. The number of aromatic nitrogens is 1. The third kappa shape index (κ3) is 5.88. The van der Waals surface area contributed by atoms with Crippen LogP contribution in [0.25, 0.3) is 0 Å². The van der Waals surface area contributed by atoms with Gasteiger partial charge in [-0.3, -0.25) is 19.4 Å². The topological polar surface area (TPSA) is 120 Å². The van der Waals surface area contributed by atoms with Crippen molar-refractivity contribution in [2.75, 3.05) is 32.1 Å². The lowest BCUT2D eigenvalue weighted by Crippen LogP contribution is -2.53. The number of anilines is 1. The predicted octanol–water partition coefficient (Wildman–Crippen LogP) is 1.68. The highest BCUT2D eigenvalue weighted by molar-refractivity contribution is 7.88. The molecule has 0 spiro atoms. The molecule has 2 amide bonds. The summed E-state index contributed by atoms with van der Waals surface area (Å²) in [6, 6.07) is 8.13. The van der Waals surface area contributed by atoms with Gasteiger partial charge in [-0.2, -0.15) is 4.31 Å². The standard InChI is InChI=1S/C27H35N5O5S/c1-18(2)14-22(29-26(34)20-7-9-21(10-8-20)30(3)4)27(35)31-13-11-23-25(31)24(33)16-32(23)38(36,37)17-19-6-5-12-28-15-19/h5-10,12,15,18,22-23,25H,11,13-14,16-17H2,1-4H3,(H,29,34). The molecule has 0 bridgehead atoms. The molecule has 3 unspecified atom stereocenters. The number of rotatable bonds is 9. The van der Waals surface area contributed by atoms with E-state index >= 15 is 0 Å². The first kappa shape index (κ1) is 27.7. The minimum absolute atomic E-state index is 0.106. The normalized spacial score (nSPS) is 20.4. The third-order valence-corrected chi connectivity index (χ3v) is 8.86. The smallest absolute Gasteiger partial charge is 0.251 e. The van der Waals surface area contributed by atoms with Gasteiger partial charge in [-0.25, -0.2) is 8.42 Å². The highest BCUT2D eigenvalue weighted by atomic mass is 32.2. The lowest BCUT2D eigenvalue weighted by Gasteiger charge is -2.29. The number of carbonyl (C=O) groups excluding carboxylic acids is 3. The number of amides is 2. The number of sulfonamides is 1. The van der Waals surface area contributed by atoms with E-state index in [2.05, 4.69) is 10.3 Å². The molecule has 0 saturated carbocycles. The van der Waals surface area contributed by atoms with Crippen molar-refractivity contribution in [3.63, 3.8) is 0 Å². The number of benzene rings is 1. The minimum atomic E-state index is -3.79. The zero-order valence-corrected chi connectivity index (χ0v) is 23.0. The Balaban J connectivity index is 1.50. The lowest BCUT2D eigenvalue weighted by molar-refractivity contribution is -0.138. The Kier molecular flexibility index (Phi) is 8.17. The van der Waals surface area contributed by atoms with Crippen molar-refractivity contribution < 1.29 is 22.8 Å². The molecule has 38 heavy (non-hydrogen) atoms. The maximum Gasteiger partial charge on any atom is 0.251 e. The van der Waals surface area contributed by atoms with Crippen LogP contribution in [-0.2, 0) is 25.4 Å². The van der Waals surface area contributed by atoms with Crippen LogP contribution in [0.4, 0.5) is 5.69 Å². The first-order valence-corrected chi connectivity index (χ1v) is 14.4. The summed E-state index contributed by atoms with van der Waals surface area (Å²) in [5, 5.41) is 2.86. The minimum Gasteiger partial charge on any atom is -0.378 e. The molecule has 2 saturated heterocycles. The fraction of sp³-hybridized carbons (Fsp3) is 0.481. The number of hydrogen-bond donors (Lipinski definition) is 1. The van der Waals surface area contributed by atoms with E-state index in [1.165, 1.54) is 15.4 Å². The molecule has 3 heterocycles. The first-order valence-electron chi connectivity index (χ1n) is 12.8. The molecule has 204 valence electrons. The van der Waals surface area contributed by atoms with Gasteiger partial charge in [0.25, 0.3) is 5.91 Å². The third-order valence-electron chi connectivity index (χ3n) is 7.05. The molecule has 1 aromatic heterocycles. The highest BCUT2D eigenvalue weighted by Crippen LogP contribution is 2.33. The molecule has 2 fully saturated rings. The molecule has 1 aromatic carbocycles. The van der Waals surface area contributed by atoms with E-state index in [0.29, 0.717) is 24.0 Å². The average molecular weight is 542 g/mol. The summed E-state index contributed by atoms with van der Waals surface area (Å²) in [5.41, 5.74) is 1.91. The summed E-state index contributed by atoms with van der Waals surface area (Å²) in [7, 11) is 0.0241. The predicted molar refractivity (Wildman–Crippen MR) is 144 cm³/mol. The van der Waals surface area contributed by atoms with Gasteiger partial charge in [-0.15, -0.1) is 0 Å². The van der Waals surface area contributed by atoms with Gasteiger partial charge in [0, 0.05) is 44.3 Å². The first-order chi connectivity index (χ1) is 18.0. The molecular weight excluding hydrogens is 506 g/mol. The highest BCUT2D eigenvalue weighted by Gasteiger charge is 2.54. The van der Waals surface area contributed by atoms with Gasteiger partial charge < -0.3 is 15.1 Å². The van der Waals surface area contributed by atoms with Crippen LogP contribution >= 0.6 is 0 Å². The lowest BCUT2D eigenvalue weighted by atomic mass is 10.0. The Morgan fingerprint density at radius 1 is 1.16 bits per heavy atom. The monoisotopic (exact) mass is 541 g/mol. The quantitative estimate of drug-likeness (QED) is 0.513. The van der Waals surface area contributed by atoms with Gasteiger partial charge in [0.2, 0.25) is 15.9 Å². The SMILES string of the molecule is CC(C)CC(NC(=O)c1ccc(N(C)C)cc1)C(=O)N1CCC2C1C(=O)CN2S(=O)(=O)Cc1cccnc1. The Hall–Kier alpha value is -3.31. The molecule has 1 N–H and O–H groups in total. The second-order valence-corrected chi connectivity index (χ2v) is 12.5. The van der Waals surface area contributed by atoms with Crippen molar-refractivity contribution in [1.29, 1.82) is 0 Å². The molecule has 10 nitrogen and oxygen atoms in total. The van der Waals surface area contributed by atoms with E-state index in [4.69, 9.17) is 0 Å². The van der Waals surface area contributed by atoms with E-state index in [1.54, 1.807) is 30.5 Å². The number of ketones is 1. The van der Waals surface area contributed by atoms with Gasteiger partial charge in [0.05, 0.1) is 18.3 Å². The summed E-state index contributed by atoms with van der Waals surface area (Å²) in [6.45, 7) is 3.90. The van der Waals surface area contributed by atoms with Gasteiger partial charge in [0.15, 0.2) is 5.78 Å². The molecule has 0 aliphatic carbocycles. The molecular formula is C27H35N5O5S. The largest absolute Gasteiger partial charge is 0.378 e. The summed E-state index contributed by atoms with van der Waals surface area (Å²) < 4.78 is 27.6. The van der Waals surface area contributed by atoms with Crippen molar-refractivity contribution in [3.05, 3.63) is 59.9 Å². The molecule has 2 aliphatic rings. The van der Waals surface area contributed by atoms with Crippen molar-refractivity contribution in [2.45, 2.75) is 50.6 Å². The van der Waals surface area contributed by atoms with Crippen LogP contribution in [0.3, 0.4) is 0 Å². The van der Waals surface area contributed by atoms with E-state index in [9.17, 15) is 22.8 Å². The molecule has 0 radical (unpaired) electrons. The van der Waals surface area contributed by atoms with Crippen molar-refractivity contribution in [1.82, 2.24) is 19.5 Å². The van der Waals surface area contributed by atoms with Gasteiger partial charge in [-0.05, 0) is 54.7 Å². The van der Waals surface area contributed by atoms with Gasteiger partial charge >= 0.3 is 0 Å². The second kappa shape index (κ2) is 11.2. The summed E-state index contributed by atoms with van der Waals surface area (Å²) in [4.78, 5) is 47.2. The summed E-state index contributed by atoms with van der Waals surface area (Å²) >= 11 is 0. The summed E-state index contributed by atoms with van der Waals surface area (Å²) in [5.74, 6) is -1.18. The number of carbonyl (C=O) groups is 3. The van der Waals surface area contributed by atoms with Gasteiger partial charge in [-0.1, -0.05) is 19.9 Å². The number of Topliss-reactive ketones (excluding diaryl/α,β-unsaturated/α-hetero) is 1. The number of fused-ring (bicyclic) bond motifs is 1. The molecule has 2 aromatic rings. The zero-order chi connectivity index (χ0) is 27.6. The summed E-state index contributed by atoms with van der Waals surface area (Å²) in [6.07, 6.45) is 3.82. The van der Waals surface area contributed by atoms with E-state index in [0.717, 1.165) is 5.69 Å². The zero-order valence-electron chi connectivity index (χ0n) is 22.2. The maximum atomic E-state index is 13.7. The van der Waals surface area contributed by atoms with Crippen LogP contribution in [0, 0.1) is 5.92 Å². The Labute approximate surface area is 224 Å². The second-order valence-electron chi connectivity index (χ2n) is 10.6. The van der Waals surface area contributed by atoms with Crippen LogP contribution < -0.4 is 10.2 Å². The molecule has 11 heteroatoms. The molecule has 2 aliphatic heterocycles. The van der Waals surface area contributed by atoms with Crippen LogP contribution in [0.15, 0.2) is 48.8 Å². The van der Waals surface area contributed by atoms with Gasteiger partial charge in [0.1, 0.15) is 12.1 Å².